The monoisotopic (exact) mass is 459 g/mol. The minimum atomic E-state index is -1.25. The highest BCUT2D eigenvalue weighted by Crippen LogP contribution is 2.39. The number of amidine groups is 1. The van der Waals surface area contributed by atoms with E-state index in [1.807, 2.05) is 0 Å². The zero-order valence-electron chi connectivity index (χ0n) is 18.8. The number of aliphatic carboxylic acids is 1. The van der Waals surface area contributed by atoms with E-state index in [1.165, 1.54) is 12.1 Å². The largest absolute Gasteiger partial charge is 0.490 e. The highest BCUT2D eigenvalue weighted by molar-refractivity contribution is 5.95. The smallest absolute Gasteiger partial charge is 0.344 e. The van der Waals surface area contributed by atoms with Gasteiger partial charge in [-0.05, 0) is 51.1 Å². The van der Waals surface area contributed by atoms with Gasteiger partial charge in [-0.3, -0.25) is 5.41 Å². The number of carboxylic acids is 1. The van der Waals surface area contributed by atoms with Crippen LogP contribution in [-0.4, -0.2) is 49.3 Å². The third-order valence-electron chi connectivity index (χ3n) is 4.39. The average Bonchev–Trinajstić information content (AvgIpc) is 2.78. The van der Waals surface area contributed by atoms with E-state index in [0.29, 0.717) is 36.0 Å². The molecule has 10 nitrogen and oxygen atoms in total. The van der Waals surface area contributed by atoms with E-state index in [1.54, 1.807) is 45.0 Å². The fourth-order valence-corrected chi connectivity index (χ4v) is 2.97. The van der Waals surface area contributed by atoms with Crippen LogP contribution >= 0.6 is 0 Å². The Labute approximate surface area is 192 Å². The van der Waals surface area contributed by atoms with Crippen molar-refractivity contribution in [2.75, 3.05) is 31.7 Å². The van der Waals surface area contributed by atoms with Crippen molar-refractivity contribution in [3.05, 3.63) is 47.5 Å². The van der Waals surface area contributed by atoms with Crippen molar-refractivity contribution in [2.45, 2.75) is 26.8 Å². The van der Waals surface area contributed by atoms with E-state index in [9.17, 15) is 14.7 Å². The summed E-state index contributed by atoms with van der Waals surface area (Å²) in [5, 5.41) is 20.4. The summed E-state index contributed by atoms with van der Waals surface area (Å²) in [7, 11) is 0. The number of rotatable bonds is 13. The third-order valence-corrected chi connectivity index (χ3v) is 4.39. The Bertz CT molecular complexity index is 977. The van der Waals surface area contributed by atoms with E-state index in [4.69, 9.17) is 30.1 Å². The van der Waals surface area contributed by atoms with Gasteiger partial charge in [-0.25, -0.2) is 9.59 Å². The maximum Gasteiger partial charge on any atom is 0.344 e. The fourth-order valence-electron chi connectivity index (χ4n) is 2.97. The molecule has 1 unspecified atom stereocenters. The predicted molar refractivity (Wildman–Crippen MR) is 122 cm³/mol. The van der Waals surface area contributed by atoms with Gasteiger partial charge in [0.15, 0.2) is 24.1 Å². The highest BCUT2D eigenvalue weighted by Gasteiger charge is 2.27. The van der Waals surface area contributed by atoms with Crippen LogP contribution in [-0.2, 0) is 14.3 Å². The molecule has 2 aromatic rings. The van der Waals surface area contributed by atoms with Crippen molar-refractivity contribution in [1.82, 2.24) is 0 Å². The van der Waals surface area contributed by atoms with Crippen LogP contribution in [0.25, 0.3) is 0 Å². The summed E-state index contributed by atoms with van der Waals surface area (Å²) in [5.74, 6) is -1.03. The first kappa shape index (κ1) is 25.3. The number of nitrogens with two attached hydrogens (primary N) is 1. The summed E-state index contributed by atoms with van der Waals surface area (Å²) >= 11 is 0. The molecule has 2 aromatic carbocycles. The van der Waals surface area contributed by atoms with Crippen LogP contribution in [0, 0.1) is 5.41 Å². The summed E-state index contributed by atoms with van der Waals surface area (Å²) < 4.78 is 21.8. The molecule has 0 aliphatic rings. The van der Waals surface area contributed by atoms with Crippen molar-refractivity contribution in [3.63, 3.8) is 0 Å². The van der Waals surface area contributed by atoms with Crippen LogP contribution in [0.15, 0.2) is 36.4 Å². The Morgan fingerprint density at radius 3 is 2.09 bits per heavy atom. The second-order valence-electron chi connectivity index (χ2n) is 6.70. The Kier molecular flexibility index (Phi) is 9.34. The van der Waals surface area contributed by atoms with Gasteiger partial charge in [0.05, 0.1) is 19.8 Å². The molecule has 1 atom stereocenters. The van der Waals surface area contributed by atoms with Gasteiger partial charge in [-0.2, -0.15) is 0 Å². The Hall–Kier alpha value is -3.95. The van der Waals surface area contributed by atoms with Crippen molar-refractivity contribution in [1.29, 1.82) is 5.41 Å². The number of esters is 1. The van der Waals surface area contributed by atoms with Crippen LogP contribution in [0.4, 0.5) is 5.69 Å². The maximum atomic E-state index is 12.2. The molecule has 2 rings (SSSR count). The van der Waals surface area contributed by atoms with Gasteiger partial charge in [0.2, 0.25) is 0 Å². The quantitative estimate of drug-likeness (QED) is 0.201. The standard InChI is InChI=1S/C23H29N3O7/c1-4-30-18-11-16(17(12-19(18)31-5-2)33-13-20(27)32-6-3)21(23(28)29)26-15-9-7-14(8-10-15)22(24)25/h7-12,21,26H,4-6,13H2,1-3H3,(H3,24,25)(H,28,29). The zero-order valence-corrected chi connectivity index (χ0v) is 18.8. The fraction of sp³-hybridized carbons (Fsp3) is 0.348. The first-order chi connectivity index (χ1) is 15.8. The van der Waals surface area contributed by atoms with E-state index < -0.39 is 24.6 Å². The molecule has 0 saturated carbocycles. The molecule has 178 valence electrons. The van der Waals surface area contributed by atoms with Crippen LogP contribution in [0.5, 0.6) is 17.2 Å². The summed E-state index contributed by atoms with van der Waals surface area (Å²) in [6.45, 7) is 5.74. The van der Waals surface area contributed by atoms with Crippen LogP contribution < -0.4 is 25.3 Å². The Balaban J connectivity index is 2.48. The van der Waals surface area contributed by atoms with Gasteiger partial charge in [0.25, 0.3) is 0 Å². The molecule has 0 radical (unpaired) electrons. The lowest BCUT2D eigenvalue weighted by atomic mass is 10.0. The molecule has 0 aliphatic heterocycles. The molecule has 0 aromatic heterocycles. The van der Waals surface area contributed by atoms with E-state index in [-0.39, 0.29) is 23.8 Å². The van der Waals surface area contributed by atoms with Crippen molar-refractivity contribution in [2.24, 2.45) is 5.73 Å². The van der Waals surface area contributed by atoms with Crippen molar-refractivity contribution >= 4 is 23.5 Å². The number of nitrogen functional groups attached to an aromatic ring is 1. The first-order valence-electron chi connectivity index (χ1n) is 10.5. The third kappa shape index (κ3) is 7.03. The van der Waals surface area contributed by atoms with Gasteiger partial charge in [-0.1, -0.05) is 0 Å². The molecule has 0 fully saturated rings. The van der Waals surface area contributed by atoms with Gasteiger partial charge >= 0.3 is 11.9 Å². The summed E-state index contributed by atoms with van der Waals surface area (Å²) in [6, 6.07) is 8.20. The lowest BCUT2D eigenvalue weighted by Gasteiger charge is -2.22. The molecule has 5 N–H and O–H groups in total. The summed E-state index contributed by atoms with van der Waals surface area (Å²) in [5.41, 5.74) is 6.69. The highest BCUT2D eigenvalue weighted by atomic mass is 16.6. The number of carboxylic acid groups (broad SMARTS) is 1. The number of hydrogen-bond donors (Lipinski definition) is 4. The second-order valence-corrected chi connectivity index (χ2v) is 6.70. The topological polar surface area (TPSA) is 153 Å². The number of ether oxygens (including phenoxy) is 4. The van der Waals surface area contributed by atoms with Crippen LogP contribution in [0.1, 0.15) is 37.9 Å². The molecule has 0 aliphatic carbocycles. The molecule has 0 amide bonds. The SMILES string of the molecule is CCOC(=O)COc1cc(OCC)c(OCC)cc1C(Nc1ccc(C(=N)N)cc1)C(=O)O. The van der Waals surface area contributed by atoms with Crippen molar-refractivity contribution in [3.8, 4) is 17.2 Å². The minimum absolute atomic E-state index is 0.0983. The summed E-state index contributed by atoms with van der Waals surface area (Å²) in [6.07, 6.45) is 0. The molecule has 10 heteroatoms. The summed E-state index contributed by atoms with van der Waals surface area (Å²) in [4.78, 5) is 24.0. The molecule has 33 heavy (non-hydrogen) atoms. The van der Waals surface area contributed by atoms with Crippen LogP contribution in [0.3, 0.4) is 0 Å². The van der Waals surface area contributed by atoms with E-state index >= 15 is 0 Å². The Morgan fingerprint density at radius 1 is 0.970 bits per heavy atom. The molecular formula is C23H29N3O7. The maximum absolute atomic E-state index is 12.2. The van der Waals surface area contributed by atoms with E-state index in [2.05, 4.69) is 5.32 Å². The molecule has 0 bridgehead atoms. The van der Waals surface area contributed by atoms with Crippen molar-refractivity contribution < 1.29 is 33.6 Å². The number of carbonyl (C=O) groups is 2. The molecule has 0 heterocycles. The lowest BCUT2D eigenvalue weighted by molar-refractivity contribution is -0.145. The number of benzene rings is 2. The van der Waals surface area contributed by atoms with Gasteiger partial charge in [0, 0.05) is 22.9 Å². The number of hydrogen-bond acceptors (Lipinski definition) is 8. The van der Waals surface area contributed by atoms with Gasteiger partial charge in [-0.15, -0.1) is 0 Å². The predicted octanol–water partition coefficient (Wildman–Crippen LogP) is 2.95. The number of nitrogens with one attached hydrogen (secondary N) is 2. The second kappa shape index (κ2) is 12.2. The average molecular weight is 459 g/mol. The zero-order chi connectivity index (χ0) is 24.4. The van der Waals surface area contributed by atoms with E-state index in [0.717, 1.165) is 0 Å². The molecular weight excluding hydrogens is 430 g/mol. The van der Waals surface area contributed by atoms with Gasteiger partial charge in [0.1, 0.15) is 11.6 Å². The molecule has 0 spiro atoms. The van der Waals surface area contributed by atoms with Crippen LogP contribution in [0.2, 0.25) is 0 Å². The number of carbonyl (C=O) groups excluding carboxylic acids is 1. The van der Waals surface area contributed by atoms with Gasteiger partial charge < -0.3 is 35.1 Å². The minimum Gasteiger partial charge on any atom is -0.490 e. The normalized spacial score (nSPS) is 11.2. The Morgan fingerprint density at radius 2 is 1.58 bits per heavy atom. The molecule has 0 saturated heterocycles. The number of anilines is 1. The lowest BCUT2D eigenvalue weighted by Crippen LogP contribution is -2.23. The first-order valence-corrected chi connectivity index (χ1v) is 10.5.